The molecule has 0 bridgehead atoms. The second kappa shape index (κ2) is 7.13. The van der Waals surface area contributed by atoms with Gasteiger partial charge in [0, 0.05) is 0 Å². The van der Waals surface area contributed by atoms with Gasteiger partial charge in [-0.25, -0.2) is 0 Å². The third-order valence-electron chi connectivity index (χ3n) is 2.36. The largest absolute Gasteiger partial charge is 0.481 e. The number of nitrogens with zero attached hydrogens (tertiary/aromatic N) is 2. The summed E-state index contributed by atoms with van der Waals surface area (Å²) in [6.07, 6.45) is 5.24. The Morgan fingerprint density at radius 1 is 1.19 bits per heavy atom. The molecule has 0 aliphatic heterocycles. The Morgan fingerprint density at radius 3 is 1.94 bits per heavy atom. The molecule has 1 aromatic heterocycles. The summed E-state index contributed by atoms with van der Waals surface area (Å²) in [5.41, 5.74) is 0. The first-order valence-corrected chi connectivity index (χ1v) is 6.75. The number of rotatable bonds is 1. The van der Waals surface area contributed by atoms with Crippen LogP contribution in [0.1, 0.15) is 32.1 Å². The Hall–Kier alpha value is -0.270. The van der Waals surface area contributed by atoms with E-state index in [4.69, 9.17) is 5.11 Å². The normalized spacial score (nSPS) is 16.4. The Balaban J connectivity index is 0.000000165. The highest BCUT2D eigenvalue weighted by atomic mass is 32.2. The van der Waals surface area contributed by atoms with Crippen molar-refractivity contribution in [2.45, 2.75) is 40.8 Å². The smallest absolute Gasteiger partial charge is 0.306 e. The van der Waals surface area contributed by atoms with Crippen LogP contribution in [0.3, 0.4) is 0 Å². The highest BCUT2D eigenvalue weighted by Gasteiger charge is 2.19. The minimum absolute atomic E-state index is 0.0289. The van der Waals surface area contributed by atoms with E-state index < -0.39 is 5.97 Å². The van der Waals surface area contributed by atoms with Crippen LogP contribution in [0.5, 0.6) is 0 Å². The number of carbonyl (C=O) groups is 1. The lowest BCUT2D eigenvalue weighted by atomic mass is 9.90. The fourth-order valence-corrected chi connectivity index (χ4v) is 2.71. The van der Waals surface area contributed by atoms with Crippen molar-refractivity contribution < 1.29 is 9.90 Å². The van der Waals surface area contributed by atoms with Crippen molar-refractivity contribution >= 4 is 42.6 Å². The van der Waals surface area contributed by atoms with Crippen molar-refractivity contribution in [2.75, 3.05) is 0 Å². The lowest BCUT2D eigenvalue weighted by molar-refractivity contribution is -0.142. The molecule has 4 nitrogen and oxygen atoms in total. The second-order valence-corrected chi connectivity index (χ2v) is 5.97. The third kappa shape index (κ3) is 5.18. The summed E-state index contributed by atoms with van der Waals surface area (Å²) in [6.45, 7) is 0. The average Bonchev–Trinajstić information content (AvgIpc) is 2.65. The van der Waals surface area contributed by atoms with Gasteiger partial charge in [-0.05, 0) is 12.8 Å². The molecule has 1 aliphatic rings. The van der Waals surface area contributed by atoms with Gasteiger partial charge in [0.05, 0.1) is 5.92 Å². The van der Waals surface area contributed by atoms with Gasteiger partial charge in [0.1, 0.15) is 0 Å². The zero-order chi connectivity index (χ0) is 12.0. The molecule has 0 unspecified atom stereocenters. The Kier molecular flexibility index (Phi) is 6.15. The maximum Gasteiger partial charge on any atom is 0.306 e. The quantitative estimate of drug-likeness (QED) is 0.691. The Bertz CT molecular complexity index is 321. The first-order chi connectivity index (χ1) is 7.59. The van der Waals surface area contributed by atoms with E-state index in [2.05, 4.69) is 35.5 Å². The average molecular weight is 278 g/mol. The molecule has 1 N–H and O–H groups in total. The van der Waals surface area contributed by atoms with Gasteiger partial charge in [-0.3, -0.25) is 4.79 Å². The number of thiol groups is 2. The van der Waals surface area contributed by atoms with Gasteiger partial charge >= 0.3 is 5.97 Å². The van der Waals surface area contributed by atoms with Crippen LogP contribution < -0.4 is 0 Å². The van der Waals surface area contributed by atoms with Crippen molar-refractivity contribution in [3.8, 4) is 0 Å². The van der Waals surface area contributed by atoms with E-state index in [-0.39, 0.29) is 5.92 Å². The van der Waals surface area contributed by atoms with Crippen LogP contribution >= 0.6 is 36.6 Å². The summed E-state index contributed by atoms with van der Waals surface area (Å²) < 4.78 is 1.31. The number of aliphatic carboxylic acids is 1. The van der Waals surface area contributed by atoms with E-state index in [1.807, 2.05) is 0 Å². The molecule has 0 saturated heterocycles. The van der Waals surface area contributed by atoms with Gasteiger partial charge in [-0.15, -0.1) is 35.5 Å². The van der Waals surface area contributed by atoms with Crippen LogP contribution in [-0.4, -0.2) is 21.3 Å². The molecular formula is C9H14N2O2S3. The molecule has 1 aliphatic carbocycles. The molecule has 90 valence electrons. The van der Waals surface area contributed by atoms with E-state index in [1.54, 1.807) is 0 Å². The highest BCUT2D eigenvalue weighted by Crippen LogP contribution is 2.23. The molecule has 0 aromatic carbocycles. The van der Waals surface area contributed by atoms with Gasteiger partial charge in [0.2, 0.25) is 0 Å². The molecule has 1 aromatic rings. The minimum Gasteiger partial charge on any atom is -0.481 e. The predicted molar refractivity (Wildman–Crippen MR) is 68.6 cm³/mol. The first-order valence-electron chi connectivity index (χ1n) is 5.04. The number of carboxylic acid groups (broad SMARTS) is 1. The van der Waals surface area contributed by atoms with E-state index >= 15 is 0 Å². The van der Waals surface area contributed by atoms with Crippen LogP contribution in [0.4, 0.5) is 0 Å². The molecule has 1 fully saturated rings. The molecule has 1 saturated carbocycles. The zero-order valence-corrected chi connectivity index (χ0v) is 11.3. The van der Waals surface area contributed by atoms with E-state index in [0.717, 1.165) is 25.7 Å². The summed E-state index contributed by atoms with van der Waals surface area (Å²) in [7, 11) is 0. The lowest BCUT2D eigenvalue weighted by Gasteiger charge is -2.16. The maximum atomic E-state index is 10.4. The minimum atomic E-state index is -0.602. The van der Waals surface area contributed by atoms with E-state index in [0.29, 0.717) is 8.68 Å². The third-order valence-corrected chi connectivity index (χ3v) is 3.61. The topological polar surface area (TPSA) is 63.1 Å². The summed E-state index contributed by atoms with van der Waals surface area (Å²) in [4.78, 5) is 10.4. The van der Waals surface area contributed by atoms with Gasteiger partial charge in [-0.1, -0.05) is 30.6 Å². The van der Waals surface area contributed by atoms with Gasteiger partial charge in [0.15, 0.2) is 8.68 Å². The molecule has 0 amide bonds. The first kappa shape index (κ1) is 13.8. The molecule has 16 heavy (non-hydrogen) atoms. The van der Waals surface area contributed by atoms with Crippen molar-refractivity contribution in [3.05, 3.63) is 0 Å². The lowest BCUT2D eigenvalue weighted by Crippen LogP contribution is -2.16. The second-order valence-electron chi connectivity index (χ2n) is 3.54. The van der Waals surface area contributed by atoms with Crippen LogP contribution in [0.15, 0.2) is 8.68 Å². The number of hydrogen-bond acceptors (Lipinski definition) is 6. The number of carboxylic acids is 1. The van der Waals surface area contributed by atoms with Crippen molar-refractivity contribution in [3.63, 3.8) is 0 Å². The summed E-state index contributed by atoms with van der Waals surface area (Å²) >= 11 is 9.15. The van der Waals surface area contributed by atoms with Crippen LogP contribution in [0.25, 0.3) is 0 Å². The summed E-state index contributed by atoms with van der Waals surface area (Å²) in [5, 5.41) is 15.7. The molecule has 0 spiro atoms. The number of aromatic nitrogens is 2. The van der Waals surface area contributed by atoms with Gasteiger partial charge in [0.25, 0.3) is 0 Å². The molecular weight excluding hydrogens is 264 g/mol. The fraction of sp³-hybridized carbons (Fsp3) is 0.667. The Labute approximate surface area is 109 Å². The summed E-state index contributed by atoms with van der Waals surface area (Å²) in [5.74, 6) is -0.631. The molecule has 2 rings (SSSR count). The molecule has 1 heterocycles. The number of hydrogen-bond donors (Lipinski definition) is 3. The SMILES string of the molecule is O=C(O)C1CCCCC1.Sc1nnc(S)s1. The van der Waals surface area contributed by atoms with Gasteiger partial charge in [-0.2, -0.15) is 0 Å². The van der Waals surface area contributed by atoms with Crippen molar-refractivity contribution in [2.24, 2.45) is 5.92 Å². The van der Waals surface area contributed by atoms with E-state index in [9.17, 15) is 4.79 Å². The van der Waals surface area contributed by atoms with Crippen molar-refractivity contribution in [1.29, 1.82) is 0 Å². The van der Waals surface area contributed by atoms with Crippen molar-refractivity contribution in [1.82, 2.24) is 10.2 Å². The Morgan fingerprint density at radius 2 is 1.69 bits per heavy atom. The zero-order valence-electron chi connectivity index (χ0n) is 8.67. The molecule has 0 radical (unpaired) electrons. The van der Waals surface area contributed by atoms with Gasteiger partial charge < -0.3 is 5.11 Å². The van der Waals surface area contributed by atoms with E-state index in [1.165, 1.54) is 17.8 Å². The fourth-order valence-electron chi connectivity index (χ4n) is 1.56. The summed E-state index contributed by atoms with van der Waals surface area (Å²) in [6, 6.07) is 0. The monoisotopic (exact) mass is 278 g/mol. The molecule has 0 atom stereocenters. The predicted octanol–water partition coefficient (Wildman–Crippen LogP) is 2.77. The van der Waals surface area contributed by atoms with Crippen LogP contribution in [0, 0.1) is 5.92 Å². The van der Waals surface area contributed by atoms with Crippen LogP contribution in [0.2, 0.25) is 0 Å². The maximum absolute atomic E-state index is 10.4. The van der Waals surface area contributed by atoms with Crippen LogP contribution in [-0.2, 0) is 4.79 Å². The standard InChI is InChI=1S/C7H12O2.C2H2N2S3/c8-7(9)6-4-2-1-3-5-6;5-1-3-4-2(6)7-1/h6H,1-5H2,(H,8,9);(H,3,5)(H,4,6). The highest BCUT2D eigenvalue weighted by molar-refractivity contribution is 7.85. The molecule has 7 heteroatoms.